The second-order valence-corrected chi connectivity index (χ2v) is 6.86. The molecule has 2 N–H and O–H groups in total. The first-order chi connectivity index (χ1) is 13.0. The number of amides is 2. The number of rotatable bonds is 5. The molecular formula is C21H24FN3O2. The van der Waals surface area contributed by atoms with Crippen LogP contribution in [0.4, 0.5) is 15.8 Å². The molecule has 1 aliphatic heterocycles. The maximum absolute atomic E-state index is 13.0. The number of carbonyl (C=O) groups is 2. The first-order valence-electron chi connectivity index (χ1n) is 9.19. The zero-order chi connectivity index (χ0) is 19.2. The van der Waals surface area contributed by atoms with Crippen molar-refractivity contribution in [2.75, 3.05) is 23.7 Å². The van der Waals surface area contributed by atoms with E-state index in [1.54, 1.807) is 0 Å². The van der Waals surface area contributed by atoms with Crippen LogP contribution in [-0.4, -0.2) is 35.8 Å². The van der Waals surface area contributed by atoms with Crippen molar-refractivity contribution >= 4 is 23.2 Å². The van der Waals surface area contributed by atoms with Crippen LogP contribution >= 0.6 is 0 Å². The Morgan fingerprint density at radius 3 is 2.41 bits per heavy atom. The summed E-state index contributed by atoms with van der Waals surface area (Å²) >= 11 is 0. The highest BCUT2D eigenvalue weighted by molar-refractivity contribution is 5.95. The zero-order valence-electron chi connectivity index (χ0n) is 15.3. The second-order valence-electron chi connectivity index (χ2n) is 6.86. The van der Waals surface area contributed by atoms with E-state index in [-0.39, 0.29) is 29.6 Å². The minimum Gasteiger partial charge on any atom is -0.326 e. The molecule has 142 valence electrons. The number of benzene rings is 2. The third-order valence-electron chi connectivity index (χ3n) is 4.90. The molecule has 2 amide bonds. The maximum Gasteiger partial charge on any atom is 0.241 e. The Kier molecular flexibility index (Phi) is 6.19. The van der Waals surface area contributed by atoms with Gasteiger partial charge in [0.2, 0.25) is 11.8 Å². The Labute approximate surface area is 158 Å². The lowest BCUT2D eigenvalue weighted by molar-refractivity contribution is -0.125. The maximum atomic E-state index is 13.0. The average Bonchev–Trinajstić information content (AvgIpc) is 2.70. The molecule has 1 saturated heterocycles. The lowest BCUT2D eigenvalue weighted by Crippen LogP contribution is -2.49. The SMILES string of the molecule is C[C@H](C(=O)Nc1ccc(F)cc1)N1CCC[C@H](C(=O)Nc2ccccc2)C1. The van der Waals surface area contributed by atoms with Crippen molar-refractivity contribution in [2.24, 2.45) is 5.92 Å². The molecule has 0 radical (unpaired) electrons. The molecule has 6 heteroatoms. The molecule has 27 heavy (non-hydrogen) atoms. The van der Waals surface area contributed by atoms with Gasteiger partial charge in [0.25, 0.3) is 0 Å². The number of carbonyl (C=O) groups excluding carboxylic acids is 2. The number of halogens is 1. The van der Waals surface area contributed by atoms with Crippen LogP contribution in [0.2, 0.25) is 0 Å². The van der Waals surface area contributed by atoms with Crippen LogP contribution in [0.3, 0.4) is 0 Å². The molecule has 2 atom stereocenters. The molecule has 2 aromatic rings. The molecule has 1 aliphatic rings. The van der Waals surface area contributed by atoms with E-state index in [1.807, 2.05) is 42.2 Å². The summed E-state index contributed by atoms with van der Waals surface area (Å²) in [6.07, 6.45) is 1.67. The Hall–Kier alpha value is -2.73. The number of hydrogen-bond acceptors (Lipinski definition) is 3. The van der Waals surface area contributed by atoms with Crippen LogP contribution in [0.15, 0.2) is 54.6 Å². The number of nitrogens with one attached hydrogen (secondary N) is 2. The minimum absolute atomic E-state index is 0.0166. The van der Waals surface area contributed by atoms with Crippen LogP contribution in [0.5, 0.6) is 0 Å². The third-order valence-corrected chi connectivity index (χ3v) is 4.90. The number of nitrogens with zero attached hydrogens (tertiary/aromatic N) is 1. The van der Waals surface area contributed by atoms with Gasteiger partial charge in [-0.25, -0.2) is 4.39 Å². The molecule has 0 unspecified atom stereocenters. The van der Waals surface area contributed by atoms with Gasteiger partial charge in [0.05, 0.1) is 12.0 Å². The lowest BCUT2D eigenvalue weighted by atomic mass is 9.95. The fraction of sp³-hybridized carbons (Fsp3) is 0.333. The van der Waals surface area contributed by atoms with Crippen molar-refractivity contribution in [1.82, 2.24) is 4.90 Å². The average molecular weight is 369 g/mol. The highest BCUT2D eigenvalue weighted by Gasteiger charge is 2.30. The van der Waals surface area contributed by atoms with Crippen molar-refractivity contribution in [3.63, 3.8) is 0 Å². The van der Waals surface area contributed by atoms with E-state index in [4.69, 9.17) is 0 Å². The molecule has 0 aromatic heterocycles. The van der Waals surface area contributed by atoms with E-state index in [2.05, 4.69) is 10.6 Å². The van der Waals surface area contributed by atoms with Crippen LogP contribution in [-0.2, 0) is 9.59 Å². The summed E-state index contributed by atoms with van der Waals surface area (Å²) in [4.78, 5) is 27.1. The topological polar surface area (TPSA) is 61.4 Å². The summed E-state index contributed by atoms with van der Waals surface area (Å²) in [6, 6.07) is 14.7. The minimum atomic E-state index is -0.373. The summed E-state index contributed by atoms with van der Waals surface area (Å²) < 4.78 is 13.0. The Bertz CT molecular complexity index is 780. The number of para-hydroxylation sites is 1. The molecule has 0 saturated carbocycles. The van der Waals surface area contributed by atoms with Crippen molar-refractivity contribution in [1.29, 1.82) is 0 Å². The summed E-state index contributed by atoms with van der Waals surface area (Å²) in [6.45, 7) is 3.14. The predicted molar refractivity (Wildman–Crippen MR) is 104 cm³/mol. The van der Waals surface area contributed by atoms with Gasteiger partial charge in [0.15, 0.2) is 0 Å². The van der Waals surface area contributed by atoms with Gasteiger partial charge in [0, 0.05) is 17.9 Å². The molecule has 0 spiro atoms. The van der Waals surface area contributed by atoms with Gasteiger partial charge in [-0.15, -0.1) is 0 Å². The van der Waals surface area contributed by atoms with E-state index in [0.29, 0.717) is 12.2 Å². The normalized spacial score (nSPS) is 18.5. The van der Waals surface area contributed by atoms with E-state index < -0.39 is 0 Å². The zero-order valence-corrected chi connectivity index (χ0v) is 15.3. The second kappa shape index (κ2) is 8.77. The van der Waals surface area contributed by atoms with Gasteiger partial charge in [0.1, 0.15) is 5.82 Å². The molecule has 2 aromatic carbocycles. The molecule has 5 nitrogen and oxygen atoms in total. The summed E-state index contributed by atoms with van der Waals surface area (Å²) in [5.74, 6) is -0.674. The van der Waals surface area contributed by atoms with E-state index in [9.17, 15) is 14.0 Å². The molecule has 3 rings (SSSR count). The van der Waals surface area contributed by atoms with Crippen LogP contribution < -0.4 is 10.6 Å². The summed E-state index contributed by atoms with van der Waals surface area (Å²) in [5.41, 5.74) is 1.34. The summed E-state index contributed by atoms with van der Waals surface area (Å²) in [7, 11) is 0. The molecular weight excluding hydrogens is 345 g/mol. The fourth-order valence-electron chi connectivity index (χ4n) is 3.28. The van der Waals surface area contributed by atoms with Gasteiger partial charge in [-0.3, -0.25) is 14.5 Å². The number of piperidine rings is 1. The number of anilines is 2. The van der Waals surface area contributed by atoms with E-state index in [1.165, 1.54) is 24.3 Å². The highest BCUT2D eigenvalue weighted by Crippen LogP contribution is 2.21. The van der Waals surface area contributed by atoms with E-state index in [0.717, 1.165) is 25.1 Å². The molecule has 0 aliphatic carbocycles. The Balaban J connectivity index is 1.57. The first-order valence-corrected chi connectivity index (χ1v) is 9.19. The van der Waals surface area contributed by atoms with Gasteiger partial charge in [-0.1, -0.05) is 18.2 Å². The molecule has 0 bridgehead atoms. The molecule has 1 heterocycles. The largest absolute Gasteiger partial charge is 0.326 e. The van der Waals surface area contributed by atoms with E-state index >= 15 is 0 Å². The quantitative estimate of drug-likeness (QED) is 0.848. The van der Waals surface area contributed by atoms with Crippen LogP contribution in [0.1, 0.15) is 19.8 Å². The Morgan fingerprint density at radius 2 is 1.70 bits per heavy atom. The van der Waals surface area contributed by atoms with Crippen LogP contribution in [0, 0.1) is 11.7 Å². The summed E-state index contributed by atoms with van der Waals surface area (Å²) in [5, 5.41) is 5.75. The molecule has 1 fully saturated rings. The van der Waals surface area contributed by atoms with Crippen molar-refractivity contribution in [3.05, 3.63) is 60.4 Å². The van der Waals surface area contributed by atoms with Gasteiger partial charge < -0.3 is 10.6 Å². The van der Waals surface area contributed by atoms with Crippen LogP contribution in [0.25, 0.3) is 0 Å². The first kappa shape index (κ1) is 19.0. The number of likely N-dealkylation sites (tertiary alicyclic amines) is 1. The standard InChI is InChI=1S/C21H24FN3O2/c1-15(20(26)23-19-11-9-17(22)10-12-19)25-13-5-6-16(14-25)21(27)24-18-7-3-2-4-8-18/h2-4,7-12,15-16H,5-6,13-14H2,1H3,(H,23,26)(H,24,27)/t15-,16+/m1/s1. The fourth-order valence-corrected chi connectivity index (χ4v) is 3.28. The number of hydrogen-bond donors (Lipinski definition) is 2. The van der Waals surface area contributed by atoms with Gasteiger partial charge in [-0.05, 0) is 62.7 Å². The lowest BCUT2D eigenvalue weighted by Gasteiger charge is -2.35. The van der Waals surface area contributed by atoms with Crippen molar-refractivity contribution < 1.29 is 14.0 Å². The van der Waals surface area contributed by atoms with Gasteiger partial charge >= 0.3 is 0 Å². The third kappa shape index (κ3) is 5.14. The van der Waals surface area contributed by atoms with Crippen molar-refractivity contribution in [2.45, 2.75) is 25.8 Å². The smallest absolute Gasteiger partial charge is 0.241 e. The predicted octanol–water partition coefficient (Wildman–Crippen LogP) is 3.50. The monoisotopic (exact) mass is 369 g/mol. The van der Waals surface area contributed by atoms with Gasteiger partial charge in [-0.2, -0.15) is 0 Å². The highest BCUT2D eigenvalue weighted by atomic mass is 19.1. The Morgan fingerprint density at radius 1 is 1.04 bits per heavy atom. The van der Waals surface area contributed by atoms with Crippen molar-refractivity contribution in [3.8, 4) is 0 Å².